The summed E-state index contributed by atoms with van der Waals surface area (Å²) < 4.78 is 1.54. The molecule has 1 saturated heterocycles. The van der Waals surface area contributed by atoms with E-state index in [0.29, 0.717) is 18.7 Å². The van der Waals surface area contributed by atoms with Crippen molar-refractivity contribution < 1.29 is 14.7 Å². The van der Waals surface area contributed by atoms with Crippen LogP contribution < -0.4 is 0 Å². The van der Waals surface area contributed by atoms with Crippen LogP contribution in [-0.4, -0.2) is 44.3 Å². The van der Waals surface area contributed by atoms with Gasteiger partial charge in [0.25, 0.3) is 5.91 Å². The van der Waals surface area contributed by atoms with Gasteiger partial charge in [0, 0.05) is 13.6 Å². The maximum absolute atomic E-state index is 12.4. The average molecular weight is 265 g/mol. The fraction of sp³-hybridized carbons (Fsp3) is 0.615. The number of nitrogens with zero attached hydrogens (tertiary/aromatic N) is 3. The summed E-state index contributed by atoms with van der Waals surface area (Å²) in [5.74, 6) is -0.939. The van der Waals surface area contributed by atoms with Gasteiger partial charge >= 0.3 is 5.97 Å². The summed E-state index contributed by atoms with van der Waals surface area (Å²) in [6.07, 6.45) is 1.26. The van der Waals surface area contributed by atoms with Crippen molar-refractivity contribution in [3.05, 3.63) is 17.5 Å². The molecule has 6 heteroatoms. The van der Waals surface area contributed by atoms with Crippen LogP contribution in [0.4, 0.5) is 0 Å². The van der Waals surface area contributed by atoms with Crippen molar-refractivity contribution in [2.24, 2.45) is 7.05 Å². The molecule has 0 saturated carbocycles. The molecule has 19 heavy (non-hydrogen) atoms. The van der Waals surface area contributed by atoms with Crippen molar-refractivity contribution in [1.82, 2.24) is 14.7 Å². The van der Waals surface area contributed by atoms with Crippen LogP contribution in [0, 0.1) is 0 Å². The Morgan fingerprint density at radius 3 is 2.68 bits per heavy atom. The van der Waals surface area contributed by atoms with E-state index < -0.39 is 12.0 Å². The molecule has 1 aromatic rings. The topological polar surface area (TPSA) is 75.4 Å². The molecule has 6 nitrogen and oxygen atoms in total. The Morgan fingerprint density at radius 2 is 2.16 bits per heavy atom. The van der Waals surface area contributed by atoms with Crippen molar-refractivity contribution in [3.63, 3.8) is 0 Å². The molecule has 0 aromatic carbocycles. The number of carboxylic acid groups (broad SMARTS) is 1. The van der Waals surface area contributed by atoms with Crippen LogP contribution in [0.3, 0.4) is 0 Å². The highest BCUT2D eigenvalue weighted by Crippen LogP contribution is 2.22. The summed E-state index contributed by atoms with van der Waals surface area (Å²) in [6, 6.07) is 1.05. The first-order valence-corrected chi connectivity index (χ1v) is 6.49. The Kier molecular flexibility index (Phi) is 3.59. The quantitative estimate of drug-likeness (QED) is 0.892. The van der Waals surface area contributed by atoms with Crippen LogP contribution in [0.2, 0.25) is 0 Å². The molecule has 0 radical (unpaired) electrons. The minimum absolute atomic E-state index is 0.238. The molecule has 104 valence electrons. The number of carboxylic acids is 1. The summed E-state index contributed by atoms with van der Waals surface area (Å²) in [5, 5.41) is 13.4. The van der Waals surface area contributed by atoms with E-state index in [1.54, 1.807) is 13.1 Å². The second-order valence-electron chi connectivity index (χ2n) is 5.23. The molecule has 0 spiro atoms. The van der Waals surface area contributed by atoms with Gasteiger partial charge in [-0.3, -0.25) is 9.48 Å². The average Bonchev–Trinajstić information content (AvgIpc) is 2.93. The predicted molar refractivity (Wildman–Crippen MR) is 69.0 cm³/mol. The van der Waals surface area contributed by atoms with Crippen LogP contribution in [-0.2, 0) is 11.8 Å². The molecule has 0 aliphatic carbocycles. The van der Waals surface area contributed by atoms with E-state index in [1.165, 1.54) is 9.58 Å². The smallest absolute Gasteiger partial charge is 0.326 e. The third-order valence-corrected chi connectivity index (χ3v) is 3.51. The number of hydrogen-bond acceptors (Lipinski definition) is 3. The van der Waals surface area contributed by atoms with Gasteiger partial charge < -0.3 is 10.0 Å². The highest BCUT2D eigenvalue weighted by molar-refractivity contribution is 5.95. The number of carbonyl (C=O) groups excluding carboxylic acids is 1. The summed E-state index contributed by atoms with van der Waals surface area (Å²) in [7, 11) is 1.71. The number of rotatable bonds is 3. The molecule has 1 N–H and O–H groups in total. The third kappa shape index (κ3) is 2.47. The van der Waals surface area contributed by atoms with Gasteiger partial charge in [-0.1, -0.05) is 13.8 Å². The first-order chi connectivity index (χ1) is 8.91. The third-order valence-electron chi connectivity index (χ3n) is 3.51. The van der Waals surface area contributed by atoms with Gasteiger partial charge in [-0.05, 0) is 24.8 Å². The predicted octanol–water partition coefficient (Wildman–Crippen LogP) is 1.23. The number of amides is 1. The SMILES string of the molecule is CC(C)c1cc(C(=O)N2CCCC2C(=O)O)n(C)n1. The van der Waals surface area contributed by atoms with E-state index in [4.69, 9.17) is 5.11 Å². The Morgan fingerprint density at radius 1 is 1.47 bits per heavy atom. The molecule has 1 fully saturated rings. The largest absolute Gasteiger partial charge is 0.480 e. The van der Waals surface area contributed by atoms with E-state index in [0.717, 1.165) is 12.1 Å². The Labute approximate surface area is 112 Å². The lowest BCUT2D eigenvalue weighted by atomic mass is 10.1. The zero-order chi connectivity index (χ0) is 14.2. The maximum Gasteiger partial charge on any atom is 0.326 e. The molecule has 1 aliphatic rings. The van der Waals surface area contributed by atoms with Crippen LogP contribution in [0.15, 0.2) is 6.07 Å². The zero-order valence-corrected chi connectivity index (χ0v) is 11.5. The number of likely N-dealkylation sites (tertiary alicyclic amines) is 1. The van der Waals surface area contributed by atoms with Crippen LogP contribution in [0.5, 0.6) is 0 Å². The molecule has 1 amide bonds. The van der Waals surface area contributed by atoms with Gasteiger partial charge in [-0.25, -0.2) is 4.79 Å². The number of aromatic nitrogens is 2. The van der Waals surface area contributed by atoms with Crippen LogP contribution >= 0.6 is 0 Å². The van der Waals surface area contributed by atoms with Gasteiger partial charge in [-0.15, -0.1) is 0 Å². The fourth-order valence-electron chi connectivity index (χ4n) is 2.39. The molecule has 1 aliphatic heterocycles. The molecule has 1 unspecified atom stereocenters. The van der Waals surface area contributed by atoms with Gasteiger partial charge in [0.1, 0.15) is 11.7 Å². The van der Waals surface area contributed by atoms with Gasteiger partial charge in [-0.2, -0.15) is 5.10 Å². The molecule has 1 aromatic heterocycles. The van der Waals surface area contributed by atoms with E-state index in [1.807, 2.05) is 13.8 Å². The lowest BCUT2D eigenvalue weighted by Crippen LogP contribution is -2.41. The molecule has 1 atom stereocenters. The minimum Gasteiger partial charge on any atom is -0.480 e. The first-order valence-electron chi connectivity index (χ1n) is 6.49. The van der Waals surface area contributed by atoms with Gasteiger partial charge in [0.15, 0.2) is 0 Å². The standard InChI is InChI=1S/C13H19N3O3/c1-8(2)9-7-11(15(3)14-9)12(17)16-6-4-5-10(16)13(18)19/h7-8,10H,4-6H2,1-3H3,(H,18,19). The van der Waals surface area contributed by atoms with Crippen LogP contribution in [0.1, 0.15) is 48.8 Å². The summed E-state index contributed by atoms with van der Waals surface area (Å²) >= 11 is 0. The number of carbonyl (C=O) groups is 2. The normalized spacial score (nSPS) is 19.2. The highest BCUT2D eigenvalue weighted by Gasteiger charge is 2.35. The summed E-state index contributed by atoms with van der Waals surface area (Å²) in [6.45, 7) is 4.51. The monoisotopic (exact) mass is 265 g/mol. The van der Waals surface area contributed by atoms with Crippen molar-refractivity contribution in [2.45, 2.75) is 38.6 Å². The number of hydrogen-bond donors (Lipinski definition) is 1. The van der Waals surface area contributed by atoms with E-state index in [9.17, 15) is 9.59 Å². The first kappa shape index (κ1) is 13.6. The van der Waals surface area contributed by atoms with E-state index in [-0.39, 0.29) is 11.8 Å². The van der Waals surface area contributed by atoms with Gasteiger partial charge in [0.2, 0.25) is 0 Å². The molecular weight excluding hydrogens is 246 g/mol. The van der Waals surface area contributed by atoms with E-state index >= 15 is 0 Å². The van der Waals surface area contributed by atoms with Crippen molar-refractivity contribution >= 4 is 11.9 Å². The van der Waals surface area contributed by atoms with E-state index in [2.05, 4.69) is 5.10 Å². The van der Waals surface area contributed by atoms with Crippen molar-refractivity contribution in [3.8, 4) is 0 Å². The van der Waals surface area contributed by atoms with Gasteiger partial charge in [0.05, 0.1) is 5.69 Å². The lowest BCUT2D eigenvalue weighted by molar-refractivity contribution is -0.141. The van der Waals surface area contributed by atoms with Crippen LogP contribution in [0.25, 0.3) is 0 Å². The van der Waals surface area contributed by atoms with Crippen molar-refractivity contribution in [1.29, 1.82) is 0 Å². The maximum atomic E-state index is 12.4. The zero-order valence-electron chi connectivity index (χ0n) is 11.5. The Hall–Kier alpha value is -1.85. The Balaban J connectivity index is 2.26. The summed E-state index contributed by atoms with van der Waals surface area (Å²) in [4.78, 5) is 25.0. The molecular formula is C13H19N3O3. The lowest BCUT2D eigenvalue weighted by Gasteiger charge is -2.21. The second-order valence-corrected chi connectivity index (χ2v) is 5.23. The molecule has 0 bridgehead atoms. The molecule has 2 rings (SSSR count). The number of aryl methyl sites for hydroxylation is 1. The number of aliphatic carboxylic acids is 1. The van der Waals surface area contributed by atoms with Crippen molar-refractivity contribution in [2.75, 3.05) is 6.54 Å². The Bertz CT molecular complexity index is 507. The second kappa shape index (κ2) is 5.03. The molecule has 2 heterocycles. The fourth-order valence-corrected chi connectivity index (χ4v) is 2.39. The summed E-state index contributed by atoms with van der Waals surface area (Å²) in [5.41, 5.74) is 1.30. The highest BCUT2D eigenvalue weighted by atomic mass is 16.4. The minimum atomic E-state index is -0.933.